The Kier molecular flexibility index (Phi) is 7.77. The minimum absolute atomic E-state index is 0.0550. The first-order valence-corrected chi connectivity index (χ1v) is 10.1. The maximum Gasteiger partial charge on any atom is 0.410 e. The van der Waals surface area contributed by atoms with Gasteiger partial charge in [-0.05, 0) is 24.4 Å². The summed E-state index contributed by atoms with van der Waals surface area (Å²) >= 11 is 0. The third-order valence-electron chi connectivity index (χ3n) is 5.43. The summed E-state index contributed by atoms with van der Waals surface area (Å²) in [4.78, 5) is 14.0. The Balaban J connectivity index is 1.32. The Morgan fingerprint density at radius 3 is 2.81 bits per heavy atom. The number of hydrogen-bond acceptors (Lipinski definition) is 4. The lowest BCUT2D eigenvalue weighted by atomic mass is 9.87. The van der Waals surface area contributed by atoms with Gasteiger partial charge in [0, 0.05) is 13.1 Å². The zero-order valence-electron chi connectivity index (χ0n) is 15.7. The van der Waals surface area contributed by atoms with Crippen LogP contribution in [0.2, 0.25) is 0 Å². The Hall–Kier alpha value is -1.59. The number of hydrogen-bond donors (Lipinski definition) is 1. The molecule has 1 aromatic carbocycles. The molecule has 1 aliphatic heterocycles. The van der Waals surface area contributed by atoms with Crippen molar-refractivity contribution in [2.24, 2.45) is 5.92 Å². The van der Waals surface area contributed by atoms with Crippen molar-refractivity contribution in [3.8, 4) is 0 Å². The van der Waals surface area contributed by atoms with Gasteiger partial charge in [-0.3, -0.25) is 0 Å². The molecule has 5 heteroatoms. The predicted molar refractivity (Wildman–Crippen MR) is 102 cm³/mol. The first-order chi connectivity index (χ1) is 12.8. The van der Waals surface area contributed by atoms with E-state index in [1.807, 2.05) is 30.3 Å². The minimum Gasteiger partial charge on any atom is -0.445 e. The molecule has 0 spiro atoms. The quantitative estimate of drug-likeness (QED) is 0.755. The summed E-state index contributed by atoms with van der Waals surface area (Å²) in [6, 6.07) is 9.79. The molecular formula is C21H32N2O3. The molecule has 3 rings (SSSR count). The molecule has 5 nitrogen and oxygen atoms in total. The molecule has 0 aromatic heterocycles. The van der Waals surface area contributed by atoms with Crippen molar-refractivity contribution >= 4 is 6.09 Å². The highest BCUT2D eigenvalue weighted by Gasteiger charge is 2.25. The molecule has 1 aromatic rings. The number of rotatable bonds is 7. The summed E-state index contributed by atoms with van der Waals surface area (Å²) < 4.78 is 11.2. The van der Waals surface area contributed by atoms with Crippen molar-refractivity contribution in [3.63, 3.8) is 0 Å². The molecule has 1 atom stereocenters. The van der Waals surface area contributed by atoms with E-state index in [4.69, 9.17) is 9.47 Å². The molecule has 1 aliphatic carbocycles. The summed E-state index contributed by atoms with van der Waals surface area (Å²) in [6.45, 7) is 3.95. The highest BCUT2D eigenvalue weighted by atomic mass is 16.6. The maximum atomic E-state index is 12.3. The summed E-state index contributed by atoms with van der Waals surface area (Å²) in [6.07, 6.45) is 8.06. The molecular weight excluding hydrogens is 328 g/mol. The van der Waals surface area contributed by atoms with Gasteiger partial charge in [0.25, 0.3) is 0 Å². The third-order valence-corrected chi connectivity index (χ3v) is 5.43. The van der Waals surface area contributed by atoms with E-state index in [1.165, 1.54) is 38.5 Å². The van der Waals surface area contributed by atoms with E-state index in [-0.39, 0.29) is 12.2 Å². The number of benzene rings is 1. The van der Waals surface area contributed by atoms with E-state index >= 15 is 0 Å². The van der Waals surface area contributed by atoms with E-state index in [9.17, 15) is 4.79 Å². The molecule has 2 fully saturated rings. The normalized spacial score (nSPS) is 21.5. The standard InChI is InChI=1S/C21H32N2O3/c24-21(26-17-19-9-5-2-6-10-19)23-13-14-25-20(16-23)15-22-12-11-18-7-3-1-4-8-18/h2,5-6,9-10,18,20,22H,1,3-4,7-8,11-17H2. The van der Waals surface area contributed by atoms with Gasteiger partial charge in [0.15, 0.2) is 0 Å². The fourth-order valence-corrected chi connectivity index (χ4v) is 3.86. The van der Waals surface area contributed by atoms with Crippen molar-refractivity contribution in [2.45, 2.75) is 51.2 Å². The molecule has 1 N–H and O–H groups in total. The van der Waals surface area contributed by atoms with Crippen molar-refractivity contribution in [1.29, 1.82) is 0 Å². The molecule has 2 aliphatic rings. The fourth-order valence-electron chi connectivity index (χ4n) is 3.86. The first-order valence-electron chi connectivity index (χ1n) is 10.1. The molecule has 1 unspecified atom stereocenters. The van der Waals surface area contributed by atoms with Crippen molar-refractivity contribution in [1.82, 2.24) is 10.2 Å². The topological polar surface area (TPSA) is 50.8 Å². The monoisotopic (exact) mass is 360 g/mol. The Labute approximate surface area is 157 Å². The van der Waals surface area contributed by atoms with E-state index in [1.54, 1.807) is 4.90 Å². The molecule has 26 heavy (non-hydrogen) atoms. The van der Waals surface area contributed by atoms with Crippen LogP contribution in [0, 0.1) is 5.92 Å². The van der Waals surface area contributed by atoms with Crippen LogP contribution in [0.1, 0.15) is 44.1 Å². The number of morpholine rings is 1. The van der Waals surface area contributed by atoms with Gasteiger partial charge in [0.05, 0.1) is 19.3 Å². The van der Waals surface area contributed by atoms with Crippen LogP contribution >= 0.6 is 0 Å². The minimum atomic E-state index is -0.246. The number of carbonyl (C=O) groups is 1. The van der Waals surface area contributed by atoms with E-state index in [2.05, 4.69) is 5.32 Å². The fraction of sp³-hybridized carbons (Fsp3) is 0.667. The molecule has 0 radical (unpaired) electrons. The predicted octanol–water partition coefficient (Wildman–Crippen LogP) is 3.58. The van der Waals surface area contributed by atoms with Crippen LogP contribution in [0.5, 0.6) is 0 Å². The first kappa shape index (κ1) is 19.2. The zero-order valence-corrected chi connectivity index (χ0v) is 15.7. The number of ether oxygens (including phenoxy) is 2. The second-order valence-electron chi connectivity index (χ2n) is 7.48. The summed E-state index contributed by atoms with van der Waals surface area (Å²) in [5.74, 6) is 0.896. The lowest BCUT2D eigenvalue weighted by molar-refractivity contribution is -0.0270. The second kappa shape index (κ2) is 10.5. The maximum absolute atomic E-state index is 12.3. The highest BCUT2D eigenvalue weighted by Crippen LogP contribution is 2.25. The molecule has 1 saturated heterocycles. The van der Waals surface area contributed by atoms with Crippen LogP contribution in [-0.2, 0) is 16.1 Å². The second-order valence-corrected chi connectivity index (χ2v) is 7.48. The molecule has 0 bridgehead atoms. The molecule has 1 heterocycles. The highest BCUT2D eigenvalue weighted by molar-refractivity contribution is 5.67. The van der Waals surface area contributed by atoms with Crippen molar-refractivity contribution in [2.75, 3.05) is 32.8 Å². The molecule has 144 valence electrons. The van der Waals surface area contributed by atoms with Crippen LogP contribution < -0.4 is 5.32 Å². The van der Waals surface area contributed by atoms with Gasteiger partial charge in [-0.1, -0.05) is 62.4 Å². The lowest BCUT2D eigenvalue weighted by Crippen LogP contribution is -2.49. The van der Waals surface area contributed by atoms with Crippen molar-refractivity contribution in [3.05, 3.63) is 35.9 Å². The van der Waals surface area contributed by atoms with Gasteiger partial charge >= 0.3 is 6.09 Å². The lowest BCUT2D eigenvalue weighted by Gasteiger charge is -2.32. The Morgan fingerprint density at radius 1 is 1.19 bits per heavy atom. The number of nitrogens with zero attached hydrogens (tertiary/aromatic N) is 1. The van der Waals surface area contributed by atoms with Crippen LogP contribution in [0.15, 0.2) is 30.3 Å². The molecule has 1 amide bonds. The average Bonchev–Trinajstić information content (AvgIpc) is 2.71. The Morgan fingerprint density at radius 2 is 2.00 bits per heavy atom. The number of nitrogens with one attached hydrogen (secondary N) is 1. The van der Waals surface area contributed by atoms with Crippen LogP contribution in [0.25, 0.3) is 0 Å². The van der Waals surface area contributed by atoms with E-state index in [0.29, 0.717) is 26.3 Å². The van der Waals surface area contributed by atoms with Gasteiger partial charge < -0.3 is 19.7 Å². The van der Waals surface area contributed by atoms with E-state index < -0.39 is 0 Å². The Bertz CT molecular complexity index is 531. The van der Waals surface area contributed by atoms with Crippen LogP contribution in [0.4, 0.5) is 4.79 Å². The smallest absolute Gasteiger partial charge is 0.410 e. The largest absolute Gasteiger partial charge is 0.445 e. The average molecular weight is 360 g/mol. The summed E-state index contributed by atoms with van der Waals surface area (Å²) in [5.41, 5.74) is 1.01. The van der Waals surface area contributed by atoms with Gasteiger partial charge in [-0.15, -0.1) is 0 Å². The third kappa shape index (κ3) is 6.29. The summed E-state index contributed by atoms with van der Waals surface area (Å²) in [7, 11) is 0. The molecule has 1 saturated carbocycles. The van der Waals surface area contributed by atoms with Gasteiger partial charge in [0.1, 0.15) is 6.61 Å². The van der Waals surface area contributed by atoms with Crippen LogP contribution in [-0.4, -0.2) is 49.9 Å². The van der Waals surface area contributed by atoms with Gasteiger partial charge in [-0.2, -0.15) is 0 Å². The number of amides is 1. The van der Waals surface area contributed by atoms with Crippen LogP contribution in [0.3, 0.4) is 0 Å². The van der Waals surface area contributed by atoms with Crippen molar-refractivity contribution < 1.29 is 14.3 Å². The SMILES string of the molecule is O=C(OCc1ccccc1)N1CCOC(CNCCC2CCCCC2)C1. The van der Waals surface area contributed by atoms with Gasteiger partial charge in [0.2, 0.25) is 0 Å². The van der Waals surface area contributed by atoms with Gasteiger partial charge in [-0.25, -0.2) is 4.79 Å². The number of carbonyl (C=O) groups excluding carboxylic acids is 1. The van der Waals surface area contributed by atoms with E-state index in [0.717, 1.165) is 24.6 Å². The zero-order chi connectivity index (χ0) is 18.0. The summed E-state index contributed by atoms with van der Waals surface area (Å²) in [5, 5.41) is 3.52.